The van der Waals surface area contributed by atoms with Gasteiger partial charge in [-0.2, -0.15) is 0 Å². The zero-order chi connectivity index (χ0) is 65.6. The molecule has 538 valence electrons. The highest BCUT2D eigenvalue weighted by atomic mass is 16.5. The number of hydrogen-bond acceptors (Lipinski definition) is 5. The molecule has 0 aliphatic rings. The fourth-order valence-electron chi connectivity index (χ4n) is 13.3. The van der Waals surface area contributed by atoms with Crippen molar-refractivity contribution in [1.29, 1.82) is 0 Å². The third kappa shape index (κ3) is 77.0. The Morgan fingerprint density at radius 1 is 0.308 bits per heavy atom. The van der Waals surface area contributed by atoms with Crippen molar-refractivity contribution in [1.82, 2.24) is 5.32 Å². The molecule has 0 aromatic heterocycles. The lowest BCUT2D eigenvalue weighted by Gasteiger charge is -2.22. The molecule has 0 heterocycles. The Bertz CT molecular complexity index is 1470. The van der Waals surface area contributed by atoms with Crippen molar-refractivity contribution in [3.63, 3.8) is 0 Å². The molecule has 2 unspecified atom stereocenters. The Kier molecular flexibility index (Phi) is 78.8. The summed E-state index contributed by atoms with van der Waals surface area (Å²) in [4.78, 5) is 24.7. The van der Waals surface area contributed by atoms with E-state index in [1.54, 1.807) is 0 Å². The number of allylic oxidation sites excluding steroid dienone is 6. The maximum Gasteiger partial charge on any atom is 0.305 e. The Morgan fingerprint density at radius 2 is 0.549 bits per heavy atom. The van der Waals surface area contributed by atoms with Gasteiger partial charge in [-0.3, -0.25) is 9.59 Å². The molecule has 0 aromatic carbocycles. The molecule has 0 spiro atoms. The fraction of sp³-hybridized carbons (Fsp3) is 0.906. The number of carbonyl (C=O) groups excluding carboxylic acids is 2. The smallest absolute Gasteiger partial charge is 0.305 e. The van der Waals surface area contributed by atoms with E-state index in [1.807, 2.05) is 0 Å². The van der Waals surface area contributed by atoms with Gasteiger partial charge >= 0.3 is 5.97 Å². The third-order valence-corrected chi connectivity index (χ3v) is 19.7. The normalized spacial score (nSPS) is 12.6. The van der Waals surface area contributed by atoms with Crippen molar-refractivity contribution in [2.24, 2.45) is 0 Å². The Balaban J connectivity index is 3.36. The molecule has 0 rings (SSSR count). The number of aliphatic hydroxyl groups excluding tert-OH is 2. The van der Waals surface area contributed by atoms with Crippen LogP contribution in [0.4, 0.5) is 0 Å². The highest BCUT2D eigenvalue weighted by Crippen LogP contribution is 2.20. The maximum absolute atomic E-state index is 12.6. The Morgan fingerprint density at radius 3 is 0.846 bits per heavy atom. The van der Waals surface area contributed by atoms with E-state index in [0.717, 1.165) is 51.4 Å². The predicted octanol–water partition coefficient (Wildman–Crippen LogP) is 27.8. The number of ether oxygens (including phenoxy) is 1. The minimum absolute atomic E-state index is 0.0122. The lowest BCUT2D eigenvalue weighted by molar-refractivity contribution is -0.143. The number of carbonyl (C=O) groups is 2. The van der Waals surface area contributed by atoms with Crippen LogP contribution in [0.2, 0.25) is 0 Å². The molecule has 0 aliphatic carbocycles. The largest absolute Gasteiger partial charge is 0.466 e. The number of unbranched alkanes of at least 4 members (excludes halogenated alkanes) is 62. The van der Waals surface area contributed by atoms with Gasteiger partial charge < -0.3 is 20.3 Å². The average molecular weight is 1280 g/mol. The first-order chi connectivity index (χ1) is 45.0. The van der Waals surface area contributed by atoms with Crippen LogP contribution in [0.25, 0.3) is 0 Å². The summed E-state index contributed by atoms with van der Waals surface area (Å²) in [7, 11) is 0. The second kappa shape index (κ2) is 80.5. The number of esters is 1. The summed E-state index contributed by atoms with van der Waals surface area (Å²) >= 11 is 0. The standard InChI is InChI=1S/C85H163NO5/c1-3-5-7-9-11-13-15-17-19-21-22-40-43-46-49-53-57-61-65-69-73-77-83(88)82(81-87)86-84(89)78-74-70-66-62-58-54-50-47-44-41-38-36-34-32-30-28-26-24-23-25-27-29-31-33-35-37-39-42-45-48-52-56-60-64-68-72-76-80-91-85(90)79-75-71-67-63-59-55-51-20-18-16-14-12-10-8-6-4-2/h20,23,25,29,31,51,82-83,87-88H,3-19,21-22,24,26-28,30,32-50,52-81H2,1-2H3,(H,86,89)/b25-23-,31-29-,51-20-. The van der Waals surface area contributed by atoms with Crippen molar-refractivity contribution < 1.29 is 24.5 Å². The van der Waals surface area contributed by atoms with E-state index in [2.05, 4.69) is 55.6 Å². The van der Waals surface area contributed by atoms with Crippen molar-refractivity contribution >= 4 is 11.9 Å². The lowest BCUT2D eigenvalue weighted by atomic mass is 10.0. The highest BCUT2D eigenvalue weighted by Gasteiger charge is 2.20. The second-order valence-corrected chi connectivity index (χ2v) is 28.8. The van der Waals surface area contributed by atoms with E-state index in [0.29, 0.717) is 25.9 Å². The molecule has 0 saturated carbocycles. The molecular formula is C85H163NO5. The van der Waals surface area contributed by atoms with Gasteiger partial charge in [0.05, 0.1) is 25.4 Å². The van der Waals surface area contributed by atoms with Crippen molar-refractivity contribution in [3.8, 4) is 0 Å². The molecule has 91 heavy (non-hydrogen) atoms. The molecule has 0 aliphatic heterocycles. The number of hydrogen-bond donors (Lipinski definition) is 3. The summed E-state index contributed by atoms with van der Waals surface area (Å²) in [5.41, 5.74) is 0. The minimum atomic E-state index is -0.664. The summed E-state index contributed by atoms with van der Waals surface area (Å²) in [5, 5.41) is 23.5. The van der Waals surface area contributed by atoms with Crippen LogP contribution in [-0.4, -0.2) is 47.4 Å². The van der Waals surface area contributed by atoms with Crippen LogP contribution in [0, 0.1) is 0 Å². The van der Waals surface area contributed by atoms with Crippen molar-refractivity contribution in [2.75, 3.05) is 13.2 Å². The van der Waals surface area contributed by atoms with Crippen LogP contribution in [0.3, 0.4) is 0 Å². The van der Waals surface area contributed by atoms with E-state index in [-0.39, 0.29) is 18.5 Å². The highest BCUT2D eigenvalue weighted by molar-refractivity contribution is 5.76. The molecule has 6 nitrogen and oxygen atoms in total. The van der Waals surface area contributed by atoms with Crippen molar-refractivity contribution in [3.05, 3.63) is 36.5 Å². The SMILES string of the molecule is CCCCCCCCC/C=C\CCCCCCCC(=O)OCCCCCCCCCCCCCCC/C=C\C/C=C\CCCCCCCCCCCCCCCCCCCC(=O)NC(CO)C(O)CCCCCCCCCCCCCCCCCCCCCCC. The molecule has 1 amide bonds. The lowest BCUT2D eigenvalue weighted by Crippen LogP contribution is -2.45. The molecule has 0 saturated heterocycles. The molecule has 6 heteroatoms. The van der Waals surface area contributed by atoms with E-state index in [9.17, 15) is 19.8 Å². The van der Waals surface area contributed by atoms with Crippen LogP contribution in [-0.2, 0) is 14.3 Å². The first-order valence-electron chi connectivity index (χ1n) is 41.7. The molecule has 3 N–H and O–H groups in total. The zero-order valence-electron chi connectivity index (χ0n) is 61.9. The summed E-state index contributed by atoms with van der Waals surface area (Å²) in [6.45, 7) is 5.00. The van der Waals surface area contributed by atoms with Crippen LogP contribution in [0.5, 0.6) is 0 Å². The van der Waals surface area contributed by atoms with E-state index in [4.69, 9.17) is 4.74 Å². The number of nitrogens with one attached hydrogen (secondary N) is 1. The van der Waals surface area contributed by atoms with Gasteiger partial charge in [0.2, 0.25) is 5.91 Å². The van der Waals surface area contributed by atoms with E-state index < -0.39 is 12.1 Å². The molecule has 2 atom stereocenters. The van der Waals surface area contributed by atoms with Gasteiger partial charge in [-0.25, -0.2) is 0 Å². The summed E-state index contributed by atoms with van der Waals surface area (Å²) < 4.78 is 5.50. The van der Waals surface area contributed by atoms with Gasteiger partial charge in [0.15, 0.2) is 0 Å². The summed E-state index contributed by atoms with van der Waals surface area (Å²) in [5.74, 6) is -0.0148. The van der Waals surface area contributed by atoms with Gasteiger partial charge in [-0.1, -0.05) is 410 Å². The quantitative estimate of drug-likeness (QED) is 0.0320. The third-order valence-electron chi connectivity index (χ3n) is 19.7. The van der Waals surface area contributed by atoms with Gasteiger partial charge in [0.1, 0.15) is 0 Å². The monoisotopic (exact) mass is 1280 g/mol. The van der Waals surface area contributed by atoms with Gasteiger partial charge in [-0.15, -0.1) is 0 Å². The summed E-state index contributed by atoms with van der Waals surface area (Å²) in [6, 6.07) is -0.541. The van der Waals surface area contributed by atoms with Crippen LogP contribution in [0.15, 0.2) is 36.5 Å². The number of aliphatic hydroxyl groups is 2. The first kappa shape index (κ1) is 89.1. The summed E-state index contributed by atoms with van der Waals surface area (Å²) in [6.07, 6.45) is 105. The van der Waals surface area contributed by atoms with E-state index >= 15 is 0 Å². The topological polar surface area (TPSA) is 95.9 Å². The van der Waals surface area contributed by atoms with Crippen LogP contribution in [0.1, 0.15) is 470 Å². The van der Waals surface area contributed by atoms with E-state index in [1.165, 1.54) is 385 Å². The maximum atomic E-state index is 12.6. The Hall–Kier alpha value is -1.92. The Labute approximate surface area is 570 Å². The first-order valence-corrected chi connectivity index (χ1v) is 41.7. The number of amides is 1. The molecule has 0 aromatic rings. The van der Waals surface area contributed by atoms with Gasteiger partial charge in [-0.05, 0) is 83.5 Å². The minimum Gasteiger partial charge on any atom is -0.466 e. The number of rotatable bonds is 79. The fourth-order valence-corrected chi connectivity index (χ4v) is 13.3. The molecular weight excluding hydrogens is 1110 g/mol. The van der Waals surface area contributed by atoms with Gasteiger partial charge in [0, 0.05) is 12.8 Å². The molecule has 0 bridgehead atoms. The average Bonchev–Trinajstić information content (AvgIpc) is 3.66. The van der Waals surface area contributed by atoms with Crippen molar-refractivity contribution in [2.45, 2.75) is 482 Å². The zero-order valence-corrected chi connectivity index (χ0v) is 61.9. The predicted molar refractivity (Wildman–Crippen MR) is 403 cm³/mol. The second-order valence-electron chi connectivity index (χ2n) is 28.8. The van der Waals surface area contributed by atoms with Gasteiger partial charge in [0.25, 0.3) is 0 Å². The molecule has 0 fully saturated rings. The molecule has 0 radical (unpaired) electrons. The van der Waals surface area contributed by atoms with Crippen LogP contribution >= 0.6 is 0 Å². The van der Waals surface area contributed by atoms with Crippen LogP contribution < -0.4 is 5.32 Å².